The molecule has 1 heterocycles. The van der Waals surface area contributed by atoms with Crippen molar-refractivity contribution in [3.63, 3.8) is 0 Å². The molecule has 1 fully saturated rings. The van der Waals surface area contributed by atoms with E-state index in [9.17, 15) is 8.78 Å². The maximum Gasteiger partial charge on any atom is 0.126 e. The van der Waals surface area contributed by atoms with Gasteiger partial charge < -0.3 is 10.2 Å². The van der Waals surface area contributed by atoms with E-state index in [4.69, 9.17) is 0 Å². The molecule has 0 spiro atoms. The van der Waals surface area contributed by atoms with Gasteiger partial charge in [-0.3, -0.25) is 0 Å². The number of hydrogen-bond acceptors (Lipinski definition) is 2. The largest absolute Gasteiger partial charge is 0.314 e. The maximum absolute atomic E-state index is 13.6. The third-order valence-electron chi connectivity index (χ3n) is 3.23. The molecule has 4 heteroatoms. The SMILES string of the molecule is CC(CN1CCNCC1)c1cc(F)ccc1F. The van der Waals surface area contributed by atoms with Gasteiger partial charge in [0.15, 0.2) is 0 Å². The van der Waals surface area contributed by atoms with Crippen molar-refractivity contribution in [3.05, 3.63) is 35.4 Å². The van der Waals surface area contributed by atoms with E-state index in [0.29, 0.717) is 5.56 Å². The molecule has 1 saturated heterocycles. The van der Waals surface area contributed by atoms with Crippen molar-refractivity contribution in [2.24, 2.45) is 0 Å². The lowest BCUT2D eigenvalue weighted by molar-refractivity contribution is 0.229. The van der Waals surface area contributed by atoms with Crippen LogP contribution >= 0.6 is 0 Å². The van der Waals surface area contributed by atoms with Crippen molar-refractivity contribution >= 4 is 0 Å². The van der Waals surface area contributed by atoms with Crippen LogP contribution in [-0.4, -0.2) is 37.6 Å². The summed E-state index contributed by atoms with van der Waals surface area (Å²) < 4.78 is 26.7. The predicted molar refractivity (Wildman–Crippen MR) is 64.1 cm³/mol. The minimum Gasteiger partial charge on any atom is -0.314 e. The zero-order chi connectivity index (χ0) is 12.3. The molecule has 17 heavy (non-hydrogen) atoms. The minimum atomic E-state index is -0.367. The van der Waals surface area contributed by atoms with E-state index in [0.717, 1.165) is 38.8 Å². The van der Waals surface area contributed by atoms with Gasteiger partial charge in [0, 0.05) is 32.7 Å². The van der Waals surface area contributed by atoms with E-state index >= 15 is 0 Å². The van der Waals surface area contributed by atoms with Gasteiger partial charge in [0.05, 0.1) is 0 Å². The van der Waals surface area contributed by atoms with Crippen LogP contribution in [0.2, 0.25) is 0 Å². The molecule has 1 aromatic rings. The molecule has 1 N–H and O–H groups in total. The molecule has 2 rings (SSSR count). The zero-order valence-electron chi connectivity index (χ0n) is 10.0. The van der Waals surface area contributed by atoms with Crippen molar-refractivity contribution in [2.75, 3.05) is 32.7 Å². The second-order valence-electron chi connectivity index (χ2n) is 4.62. The lowest BCUT2D eigenvalue weighted by atomic mass is 9.99. The number of nitrogens with one attached hydrogen (secondary N) is 1. The van der Waals surface area contributed by atoms with Crippen LogP contribution in [0.3, 0.4) is 0 Å². The monoisotopic (exact) mass is 240 g/mol. The number of benzene rings is 1. The molecule has 1 atom stereocenters. The lowest BCUT2D eigenvalue weighted by Gasteiger charge is -2.29. The first-order valence-electron chi connectivity index (χ1n) is 6.05. The Bertz CT molecular complexity index is 376. The van der Waals surface area contributed by atoms with E-state index in [2.05, 4.69) is 10.2 Å². The second kappa shape index (κ2) is 5.56. The fourth-order valence-corrected chi connectivity index (χ4v) is 2.27. The fraction of sp³-hybridized carbons (Fsp3) is 0.538. The highest BCUT2D eigenvalue weighted by molar-refractivity contribution is 5.22. The van der Waals surface area contributed by atoms with Gasteiger partial charge in [-0.25, -0.2) is 8.78 Å². The van der Waals surface area contributed by atoms with E-state index in [1.54, 1.807) is 0 Å². The van der Waals surface area contributed by atoms with Crippen LogP contribution < -0.4 is 5.32 Å². The molecular formula is C13H18F2N2. The molecule has 0 radical (unpaired) electrons. The van der Waals surface area contributed by atoms with E-state index < -0.39 is 0 Å². The Morgan fingerprint density at radius 2 is 2.00 bits per heavy atom. The Morgan fingerprint density at radius 3 is 2.71 bits per heavy atom. The van der Waals surface area contributed by atoms with Crippen molar-refractivity contribution in [3.8, 4) is 0 Å². The van der Waals surface area contributed by atoms with Crippen LogP contribution in [0.15, 0.2) is 18.2 Å². The lowest BCUT2D eigenvalue weighted by Crippen LogP contribution is -2.44. The summed E-state index contributed by atoms with van der Waals surface area (Å²) in [5.41, 5.74) is 0.475. The van der Waals surface area contributed by atoms with Gasteiger partial charge in [-0.05, 0) is 29.7 Å². The number of hydrogen-bond donors (Lipinski definition) is 1. The van der Waals surface area contributed by atoms with Crippen LogP contribution in [0.4, 0.5) is 8.78 Å². The summed E-state index contributed by atoms with van der Waals surface area (Å²) in [5.74, 6) is -0.661. The molecule has 0 saturated carbocycles. The highest BCUT2D eigenvalue weighted by Gasteiger charge is 2.17. The number of halogens is 2. The average molecular weight is 240 g/mol. The van der Waals surface area contributed by atoms with Crippen molar-refractivity contribution in [1.82, 2.24) is 10.2 Å². The standard InChI is InChI=1S/C13H18F2N2/c1-10(9-17-6-4-16-5-7-17)12-8-11(14)2-3-13(12)15/h2-3,8,10,16H,4-7,9H2,1H3. The van der Waals surface area contributed by atoms with Gasteiger partial charge >= 0.3 is 0 Å². The van der Waals surface area contributed by atoms with E-state index in [-0.39, 0.29) is 17.6 Å². The highest BCUT2D eigenvalue weighted by Crippen LogP contribution is 2.21. The third-order valence-corrected chi connectivity index (χ3v) is 3.23. The van der Waals surface area contributed by atoms with Gasteiger partial charge in [-0.2, -0.15) is 0 Å². The molecule has 2 nitrogen and oxygen atoms in total. The highest BCUT2D eigenvalue weighted by atomic mass is 19.1. The molecule has 1 unspecified atom stereocenters. The quantitative estimate of drug-likeness (QED) is 0.869. The van der Waals surface area contributed by atoms with Crippen molar-refractivity contribution in [2.45, 2.75) is 12.8 Å². The Labute approximate surface area is 101 Å². The first-order chi connectivity index (χ1) is 8.16. The first kappa shape index (κ1) is 12.5. The minimum absolute atomic E-state index is 0.0174. The topological polar surface area (TPSA) is 15.3 Å². The van der Waals surface area contributed by atoms with Gasteiger partial charge in [0.1, 0.15) is 11.6 Å². The number of rotatable bonds is 3. The first-order valence-corrected chi connectivity index (χ1v) is 6.05. The molecule has 1 aliphatic heterocycles. The maximum atomic E-state index is 13.6. The van der Waals surface area contributed by atoms with E-state index in [1.807, 2.05) is 6.92 Å². The summed E-state index contributed by atoms with van der Waals surface area (Å²) in [5, 5.41) is 3.27. The Kier molecular flexibility index (Phi) is 4.07. The van der Waals surface area contributed by atoms with Crippen LogP contribution in [0.5, 0.6) is 0 Å². The van der Waals surface area contributed by atoms with Gasteiger partial charge in [0.25, 0.3) is 0 Å². The van der Waals surface area contributed by atoms with Crippen LogP contribution in [0, 0.1) is 11.6 Å². The summed E-state index contributed by atoms with van der Waals surface area (Å²) >= 11 is 0. The summed E-state index contributed by atoms with van der Waals surface area (Å²) in [7, 11) is 0. The Morgan fingerprint density at radius 1 is 1.29 bits per heavy atom. The van der Waals surface area contributed by atoms with Crippen molar-refractivity contribution in [1.29, 1.82) is 0 Å². The summed E-state index contributed by atoms with van der Waals surface area (Å²) in [6.45, 7) is 6.61. The average Bonchev–Trinajstić information content (AvgIpc) is 2.33. The molecule has 1 aliphatic rings. The second-order valence-corrected chi connectivity index (χ2v) is 4.62. The normalized spacial score (nSPS) is 19.2. The van der Waals surface area contributed by atoms with Gasteiger partial charge in [-0.15, -0.1) is 0 Å². The van der Waals surface area contributed by atoms with Crippen LogP contribution in [0.1, 0.15) is 18.4 Å². The molecule has 0 amide bonds. The number of piperazine rings is 1. The van der Waals surface area contributed by atoms with Gasteiger partial charge in [-0.1, -0.05) is 6.92 Å². The molecular weight excluding hydrogens is 222 g/mol. The zero-order valence-corrected chi connectivity index (χ0v) is 10.0. The molecule has 0 bridgehead atoms. The molecule has 94 valence electrons. The third kappa shape index (κ3) is 3.23. The number of nitrogens with zero attached hydrogens (tertiary/aromatic N) is 1. The summed E-state index contributed by atoms with van der Waals surface area (Å²) in [4.78, 5) is 2.28. The van der Waals surface area contributed by atoms with Crippen LogP contribution in [-0.2, 0) is 0 Å². The smallest absolute Gasteiger partial charge is 0.126 e. The molecule has 0 aliphatic carbocycles. The van der Waals surface area contributed by atoms with Crippen LogP contribution in [0.25, 0.3) is 0 Å². The Hall–Kier alpha value is -1.00. The summed E-state index contributed by atoms with van der Waals surface area (Å²) in [6, 6.07) is 3.68. The summed E-state index contributed by atoms with van der Waals surface area (Å²) in [6.07, 6.45) is 0. The van der Waals surface area contributed by atoms with E-state index in [1.165, 1.54) is 12.1 Å². The molecule has 1 aromatic carbocycles. The molecule has 0 aromatic heterocycles. The van der Waals surface area contributed by atoms with Crippen molar-refractivity contribution < 1.29 is 8.78 Å². The fourth-order valence-electron chi connectivity index (χ4n) is 2.27. The Balaban J connectivity index is 2.02. The van der Waals surface area contributed by atoms with Gasteiger partial charge in [0.2, 0.25) is 0 Å². The predicted octanol–water partition coefficient (Wildman–Crippen LogP) is 1.97.